The van der Waals surface area contributed by atoms with Gasteiger partial charge in [0.25, 0.3) is 0 Å². The maximum absolute atomic E-state index is 11.5. The molecule has 0 saturated carbocycles. The van der Waals surface area contributed by atoms with Crippen molar-refractivity contribution in [3.8, 4) is 0 Å². The van der Waals surface area contributed by atoms with E-state index in [4.69, 9.17) is 5.11 Å². The third-order valence-electron chi connectivity index (χ3n) is 2.31. The highest BCUT2D eigenvalue weighted by Crippen LogP contribution is 2.22. The van der Waals surface area contributed by atoms with Crippen LogP contribution < -0.4 is 0 Å². The Bertz CT molecular complexity index is 383. The van der Waals surface area contributed by atoms with Crippen molar-refractivity contribution >= 4 is 22.0 Å². The van der Waals surface area contributed by atoms with Gasteiger partial charge >= 0.3 is 11.9 Å². The summed E-state index contributed by atoms with van der Waals surface area (Å²) in [4.78, 5) is 21.1. The van der Waals surface area contributed by atoms with Gasteiger partial charge in [0.05, 0.1) is 13.5 Å². The fourth-order valence-electron chi connectivity index (χ4n) is 1.42. The fraction of sp³-hybridized carbons (Fsp3) is 0.750. The van der Waals surface area contributed by atoms with E-state index in [1.165, 1.54) is 0 Å². The van der Waals surface area contributed by atoms with Crippen LogP contribution in [0.2, 0.25) is 0 Å². The third-order valence-corrected chi connectivity index (χ3v) is 3.99. The van der Waals surface area contributed by atoms with Crippen LogP contribution >= 0.6 is 0 Å². The Kier molecular flexibility index (Phi) is 3.87. The molecule has 0 aromatic heterocycles. The zero-order chi connectivity index (χ0) is 12.3. The third kappa shape index (κ3) is 3.17. The molecule has 7 nitrogen and oxygen atoms in total. The van der Waals surface area contributed by atoms with Gasteiger partial charge in [-0.3, -0.25) is 9.59 Å². The molecule has 1 aliphatic rings. The molecule has 0 aliphatic carbocycles. The molecule has 1 heterocycles. The number of aliphatic carboxylic acids is 1. The molecule has 8 heteroatoms. The van der Waals surface area contributed by atoms with Gasteiger partial charge in [0, 0.05) is 13.1 Å². The second-order valence-electron chi connectivity index (χ2n) is 3.61. The average molecular weight is 251 g/mol. The Morgan fingerprint density at radius 2 is 2.00 bits per heavy atom. The van der Waals surface area contributed by atoms with Crippen molar-refractivity contribution in [3.05, 3.63) is 0 Å². The Hall–Kier alpha value is -1.15. The van der Waals surface area contributed by atoms with Gasteiger partial charge in [-0.25, -0.2) is 12.7 Å². The zero-order valence-electron chi connectivity index (χ0n) is 8.75. The van der Waals surface area contributed by atoms with Gasteiger partial charge in [0.1, 0.15) is 0 Å². The molecule has 0 atom stereocenters. The molecule has 1 saturated heterocycles. The summed E-state index contributed by atoms with van der Waals surface area (Å²) in [5.41, 5.74) is 0. The molecule has 1 fully saturated rings. The van der Waals surface area contributed by atoms with Crippen LogP contribution in [0.15, 0.2) is 0 Å². The first-order valence-electron chi connectivity index (χ1n) is 4.61. The lowest BCUT2D eigenvalue weighted by molar-refractivity contribution is -0.139. The summed E-state index contributed by atoms with van der Waals surface area (Å²) >= 11 is 0. The summed E-state index contributed by atoms with van der Waals surface area (Å²) in [5, 5.41) is 8.48. The van der Waals surface area contributed by atoms with Crippen molar-refractivity contribution in [3.63, 3.8) is 0 Å². The van der Waals surface area contributed by atoms with Gasteiger partial charge in [-0.2, -0.15) is 0 Å². The molecule has 0 spiro atoms. The Balaban J connectivity index is 2.44. The van der Waals surface area contributed by atoms with E-state index in [9.17, 15) is 18.0 Å². The van der Waals surface area contributed by atoms with Gasteiger partial charge in [-0.1, -0.05) is 0 Å². The Morgan fingerprint density at radius 3 is 2.44 bits per heavy atom. The molecule has 0 radical (unpaired) electrons. The van der Waals surface area contributed by atoms with Crippen LogP contribution in [0.5, 0.6) is 0 Å². The molecule has 92 valence electrons. The molecule has 1 rings (SSSR count). The lowest BCUT2D eigenvalue weighted by atomic mass is 10.00. The minimum Gasteiger partial charge on any atom is -0.481 e. The van der Waals surface area contributed by atoms with Crippen LogP contribution in [0, 0.1) is 5.92 Å². The number of ether oxygens (including phenoxy) is 1. The largest absolute Gasteiger partial charge is 0.481 e. The molecule has 16 heavy (non-hydrogen) atoms. The Morgan fingerprint density at radius 1 is 1.44 bits per heavy atom. The van der Waals surface area contributed by atoms with E-state index in [0.29, 0.717) is 0 Å². The number of hydrogen-bond acceptors (Lipinski definition) is 5. The molecular weight excluding hydrogens is 238 g/mol. The van der Waals surface area contributed by atoms with Crippen molar-refractivity contribution in [2.45, 2.75) is 6.42 Å². The standard InChI is InChI=1S/C8H13NO6S/c1-15-8(12)5-16(13,14)9-3-6(4-9)2-7(10)11/h6H,2-5H2,1H3,(H,10,11). The fourth-order valence-corrected chi connectivity index (χ4v) is 2.90. The first kappa shape index (κ1) is 12.9. The number of carboxylic acid groups (broad SMARTS) is 1. The van der Waals surface area contributed by atoms with Crippen LogP contribution in [-0.2, 0) is 24.3 Å². The predicted molar refractivity (Wildman–Crippen MR) is 53.1 cm³/mol. The summed E-state index contributed by atoms with van der Waals surface area (Å²) in [6.45, 7) is 0.317. The van der Waals surface area contributed by atoms with Crippen LogP contribution in [0.4, 0.5) is 0 Å². The topological polar surface area (TPSA) is 101 Å². The maximum atomic E-state index is 11.5. The summed E-state index contributed by atoms with van der Waals surface area (Å²) in [5.74, 6) is -2.62. The maximum Gasteiger partial charge on any atom is 0.322 e. The molecular formula is C8H13NO6S. The second kappa shape index (κ2) is 4.79. The second-order valence-corrected chi connectivity index (χ2v) is 5.58. The van der Waals surface area contributed by atoms with Crippen molar-refractivity contribution in [2.75, 3.05) is 26.0 Å². The van der Waals surface area contributed by atoms with Crippen LogP contribution in [0.3, 0.4) is 0 Å². The number of sulfonamides is 1. The zero-order valence-corrected chi connectivity index (χ0v) is 9.57. The molecule has 0 unspecified atom stereocenters. The Labute approximate surface area is 93.0 Å². The molecule has 0 bridgehead atoms. The summed E-state index contributed by atoms with van der Waals surface area (Å²) < 4.78 is 28.3. The molecule has 0 aromatic rings. The molecule has 1 N–H and O–H groups in total. The van der Waals surface area contributed by atoms with E-state index in [0.717, 1.165) is 11.4 Å². The normalized spacial score (nSPS) is 17.8. The summed E-state index contributed by atoms with van der Waals surface area (Å²) in [6.07, 6.45) is -0.0513. The van der Waals surface area contributed by atoms with E-state index in [1.54, 1.807) is 0 Å². The number of methoxy groups -OCH3 is 1. The van der Waals surface area contributed by atoms with Crippen LogP contribution in [0.25, 0.3) is 0 Å². The molecule has 0 amide bonds. The average Bonchev–Trinajstić information content (AvgIpc) is 2.09. The smallest absolute Gasteiger partial charge is 0.322 e. The molecule has 1 aliphatic heterocycles. The van der Waals surface area contributed by atoms with Crippen molar-refractivity contribution in [1.82, 2.24) is 4.31 Å². The van der Waals surface area contributed by atoms with Gasteiger partial charge in [0.2, 0.25) is 10.0 Å². The van der Waals surface area contributed by atoms with Gasteiger partial charge in [-0.05, 0) is 5.92 Å². The number of carboxylic acids is 1. The summed E-state index contributed by atoms with van der Waals surface area (Å²) in [7, 11) is -2.53. The lowest BCUT2D eigenvalue weighted by Crippen LogP contribution is -2.52. The van der Waals surface area contributed by atoms with Crippen LogP contribution in [0.1, 0.15) is 6.42 Å². The number of hydrogen-bond donors (Lipinski definition) is 1. The highest BCUT2D eigenvalue weighted by molar-refractivity contribution is 7.89. The highest BCUT2D eigenvalue weighted by atomic mass is 32.2. The molecule has 0 aromatic carbocycles. The SMILES string of the molecule is COC(=O)CS(=O)(=O)N1CC(CC(=O)O)C1. The van der Waals surface area contributed by atoms with Crippen LogP contribution in [-0.4, -0.2) is 55.7 Å². The first-order chi connectivity index (χ1) is 7.35. The minimum atomic E-state index is -3.64. The number of esters is 1. The lowest BCUT2D eigenvalue weighted by Gasteiger charge is -2.36. The summed E-state index contributed by atoms with van der Waals surface area (Å²) in [6, 6.07) is 0. The minimum absolute atomic E-state index is 0.0513. The van der Waals surface area contributed by atoms with Crippen molar-refractivity contribution in [2.24, 2.45) is 5.92 Å². The highest BCUT2D eigenvalue weighted by Gasteiger charge is 2.37. The van der Waals surface area contributed by atoms with Gasteiger partial charge in [0.15, 0.2) is 5.75 Å². The van der Waals surface area contributed by atoms with E-state index in [2.05, 4.69) is 4.74 Å². The van der Waals surface area contributed by atoms with E-state index in [-0.39, 0.29) is 25.4 Å². The number of carbonyl (C=O) groups is 2. The van der Waals surface area contributed by atoms with E-state index >= 15 is 0 Å². The monoisotopic (exact) mass is 251 g/mol. The van der Waals surface area contributed by atoms with Gasteiger partial charge in [-0.15, -0.1) is 0 Å². The quantitative estimate of drug-likeness (QED) is 0.622. The number of rotatable bonds is 5. The van der Waals surface area contributed by atoms with E-state index < -0.39 is 27.7 Å². The van der Waals surface area contributed by atoms with Gasteiger partial charge < -0.3 is 9.84 Å². The van der Waals surface area contributed by atoms with Crippen molar-refractivity contribution < 1.29 is 27.9 Å². The predicted octanol–water partition coefficient (Wildman–Crippen LogP) is -1.10. The van der Waals surface area contributed by atoms with Crippen molar-refractivity contribution in [1.29, 1.82) is 0 Å². The first-order valence-corrected chi connectivity index (χ1v) is 6.22. The number of carbonyl (C=O) groups excluding carboxylic acids is 1. The number of nitrogens with zero attached hydrogens (tertiary/aromatic N) is 1. The van der Waals surface area contributed by atoms with E-state index in [1.807, 2.05) is 0 Å².